The van der Waals surface area contributed by atoms with Crippen LogP contribution < -0.4 is 5.73 Å². The molecule has 43 heavy (non-hydrogen) atoms. The van der Waals surface area contributed by atoms with Crippen LogP contribution in [-0.4, -0.2) is 135 Å². The topological polar surface area (TPSA) is 128 Å². The Labute approximate surface area is 247 Å². The number of aromatic amines is 1. The maximum Gasteiger partial charge on any atom is 0.429 e. The summed E-state index contributed by atoms with van der Waals surface area (Å²) in [6, 6.07) is 2.18. The molecule has 6 heterocycles. The second-order valence-electron chi connectivity index (χ2n) is 11.9. The molecule has 1 amide bonds. The zero-order chi connectivity index (χ0) is 30.5. The lowest BCUT2D eigenvalue weighted by atomic mass is 9.86. The molecular weight excluding hydrogens is 563 g/mol. The minimum atomic E-state index is -4.59. The molecule has 3 aliphatic rings. The van der Waals surface area contributed by atoms with Crippen molar-refractivity contribution in [3.8, 4) is 11.3 Å². The SMILES string of the molecule is CN(C)CC1=NC(C(F)(F)F)N(C)C(C(=O)N2CCC(N3CC(CN)(n4cc(-c5ncnc6[nH]ccc56)cn4)C3)CC2)=C1. The molecule has 0 saturated carbocycles. The molecule has 2 fully saturated rings. The summed E-state index contributed by atoms with van der Waals surface area (Å²) >= 11 is 0. The monoisotopic (exact) mass is 599 g/mol. The van der Waals surface area contributed by atoms with Crippen molar-refractivity contribution in [3.05, 3.63) is 42.8 Å². The summed E-state index contributed by atoms with van der Waals surface area (Å²) in [7, 11) is 4.79. The molecule has 6 rings (SSSR count). The van der Waals surface area contributed by atoms with Crippen molar-refractivity contribution in [1.82, 2.24) is 44.3 Å². The number of aromatic nitrogens is 5. The minimum Gasteiger partial charge on any atom is -0.346 e. The Kier molecular flexibility index (Phi) is 7.50. The van der Waals surface area contributed by atoms with E-state index in [4.69, 9.17) is 5.73 Å². The number of fused-ring (bicyclic) bond motifs is 1. The van der Waals surface area contributed by atoms with E-state index in [9.17, 15) is 18.0 Å². The van der Waals surface area contributed by atoms with E-state index in [1.165, 1.54) is 19.5 Å². The number of likely N-dealkylation sites (N-methyl/N-ethyl adjacent to an activating group) is 1. The van der Waals surface area contributed by atoms with E-state index in [1.54, 1.807) is 30.1 Å². The summed E-state index contributed by atoms with van der Waals surface area (Å²) in [4.78, 5) is 35.9. The number of rotatable bonds is 7. The summed E-state index contributed by atoms with van der Waals surface area (Å²) in [6.45, 7) is 3.00. The fourth-order valence-corrected chi connectivity index (χ4v) is 6.33. The number of nitrogens with one attached hydrogen (secondary N) is 1. The standard InChI is InChI=1S/C28H36F3N11O/c1-38(2)13-19-10-22(39(3)26(37-19)28(29,30)31)25(43)40-8-5-20(6-9-40)41-15-27(14-32,16-41)42-12-18(11-36-42)23-21-4-7-33-24(21)35-17-34-23/h4,7,10-12,17,20,26H,5-6,8-9,13-16,32H2,1-3H3,(H,33,34,35). The lowest BCUT2D eigenvalue weighted by molar-refractivity contribution is -0.175. The van der Waals surface area contributed by atoms with Gasteiger partial charge in [-0.05, 0) is 39.1 Å². The number of alkyl halides is 3. The largest absolute Gasteiger partial charge is 0.429 e. The van der Waals surface area contributed by atoms with Crippen LogP contribution in [0.5, 0.6) is 0 Å². The predicted octanol–water partition coefficient (Wildman–Crippen LogP) is 1.50. The van der Waals surface area contributed by atoms with Crippen LogP contribution >= 0.6 is 0 Å². The molecule has 2 saturated heterocycles. The number of piperidine rings is 1. The molecule has 1 atom stereocenters. The highest BCUT2D eigenvalue weighted by atomic mass is 19.4. The molecular formula is C28H36F3N11O. The molecule has 15 heteroatoms. The van der Waals surface area contributed by atoms with E-state index in [-0.39, 0.29) is 29.5 Å². The number of likely N-dealkylation sites (tertiary alicyclic amines) is 2. The molecule has 3 aromatic heterocycles. The Morgan fingerprint density at radius 2 is 1.95 bits per heavy atom. The van der Waals surface area contributed by atoms with Crippen molar-refractivity contribution in [2.75, 3.05) is 60.4 Å². The number of nitrogens with two attached hydrogens (primary N) is 1. The first-order valence-electron chi connectivity index (χ1n) is 14.3. The van der Waals surface area contributed by atoms with Crippen LogP contribution in [0.2, 0.25) is 0 Å². The van der Waals surface area contributed by atoms with E-state index in [0.717, 1.165) is 53.1 Å². The normalized spacial score (nSPS) is 21.7. The molecule has 0 spiro atoms. The van der Waals surface area contributed by atoms with E-state index < -0.39 is 18.2 Å². The second-order valence-corrected chi connectivity index (χ2v) is 11.9. The summed E-state index contributed by atoms with van der Waals surface area (Å²) in [5.41, 5.74) is 8.65. The maximum absolute atomic E-state index is 13.8. The zero-order valence-corrected chi connectivity index (χ0v) is 24.4. The van der Waals surface area contributed by atoms with E-state index >= 15 is 0 Å². The molecule has 3 N–H and O–H groups in total. The van der Waals surface area contributed by atoms with Gasteiger partial charge in [-0.3, -0.25) is 19.4 Å². The number of H-pyrrole nitrogens is 1. The van der Waals surface area contributed by atoms with Crippen LogP contribution in [0.25, 0.3) is 22.3 Å². The van der Waals surface area contributed by atoms with Gasteiger partial charge in [0.15, 0.2) is 0 Å². The maximum atomic E-state index is 13.8. The van der Waals surface area contributed by atoms with Gasteiger partial charge < -0.3 is 25.4 Å². The Morgan fingerprint density at radius 1 is 1.21 bits per heavy atom. The zero-order valence-electron chi connectivity index (χ0n) is 24.4. The van der Waals surface area contributed by atoms with E-state index in [0.29, 0.717) is 19.6 Å². The number of amides is 1. The van der Waals surface area contributed by atoms with Crippen molar-refractivity contribution in [2.24, 2.45) is 10.7 Å². The van der Waals surface area contributed by atoms with Crippen molar-refractivity contribution < 1.29 is 18.0 Å². The van der Waals surface area contributed by atoms with Crippen molar-refractivity contribution in [1.29, 1.82) is 0 Å². The molecule has 3 aliphatic heterocycles. The summed E-state index contributed by atoms with van der Waals surface area (Å²) in [5, 5.41) is 5.57. The van der Waals surface area contributed by atoms with Crippen LogP contribution in [0, 0.1) is 0 Å². The van der Waals surface area contributed by atoms with Gasteiger partial charge in [-0.15, -0.1) is 0 Å². The third-order valence-corrected chi connectivity index (χ3v) is 8.67. The first kappa shape index (κ1) is 29.3. The van der Waals surface area contributed by atoms with Crippen LogP contribution in [0.15, 0.2) is 47.7 Å². The number of carbonyl (C=O) groups excluding carboxylic acids is 1. The highest BCUT2D eigenvalue weighted by Crippen LogP contribution is 2.35. The predicted molar refractivity (Wildman–Crippen MR) is 155 cm³/mol. The van der Waals surface area contributed by atoms with Gasteiger partial charge in [0.2, 0.25) is 6.17 Å². The fourth-order valence-electron chi connectivity index (χ4n) is 6.33. The molecule has 1 unspecified atom stereocenters. The molecule has 0 radical (unpaired) electrons. The van der Waals surface area contributed by atoms with Crippen LogP contribution in [-0.2, 0) is 10.3 Å². The number of hydrogen-bond acceptors (Lipinski definition) is 9. The fraction of sp³-hybridized carbons (Fsp3) is 0.536. The van der Waals surface area contributed by atoms with Gasteiger partial charge in [0.25, 0.3) is 5.91 Å². The van der Waals surface area contributed by atoms with Gasteiger partial charge in [0.05, 0.1) is 17.6 Å². The van der Waals surface area contributed by atoms with E-state index in [2.05, 4.69) is 29.9 Å². The number of aliphatic imine (C=N–C) groups is 1. The highest BCUT2D eigenvalue weighted by Gasteiger charge is 2.49. The van der Waals surface area contributed by atoms with Gasteiger partial charge in [0.1, 0.15) is 23.2 Å². The van der Waals surface area contributed by atoms with Gasteiger partial charge in [-0.2, -0.15) is 18.3 Å². The van der Waals surface area contributed by atoms with E-state index in [1.807, 2.05) is 23.1 Å². The first-order valence-corrected chi connectivity index (χ1v) is 14.3. The molecule has 230 valence electrons. The Balaban J connectivity index is 1.09. The summed E-state index contributed by atoms with van der Waals surface area (Å²) < 4.78 is 43.3. The molecule has 12 nitrogen and oxygen atoms in total. The number of halogens is 3. The van der Waals surface area contributed by atoms with Crippen LogP contribution in [0.1, 0.15) is 12.8 Å². The van der Waals surface area contributed by atoms with Crippen LogP contribution in [0.4, 0.5) is 13.2 Å². The lowest BCUT2D eigenvalue weighted by Gasteiger charge is -2.54. The van der Waals surface area contributed by atoms with Crippen molar-refractivity contribution in [2.45, 2.75) is 36.8 Å². The molecule has 0 aliphatic carbocycles. The van der Waals surface area contributed by atoms with Crippen LogP contribution in [0.3, 0.4) is 0 Å². The second kappa shape index (κ2) is 11.0. The molecule has 3 aromatic rings. The smallest absolute Gasteiger partial charge is 0.346 e. The number of carbonyl (C=O) groups is 1. The summed E-state index contributed by atoms with van der Waals surface area (Å²) in [6.07, 6.45) is 3.40. The Hall–Kier alpha value is -3.82. The van der Waals surface area contributed by atoms with Gasteiger partial charge in [-0.25, -0.2) is 9.97 Å². The Morgan fingerprint density at radius 3 is 2.63 bits per heavy atom. The molecule has 0 bridgehead atoms. The first-order chi connectivity index (χ1) is 20.5. The third-order valence-electron chi connectivity index (χ3n) is 8.67. The van der Waals surface area contributed by atoms with Gasteiger partial charge in [0, 0.05) is 75.7 Å². The van der Waals surface area contributed by atoms with Gasteiger partial charge >= 0.3 is 6.18 Å². The number of hydrogen-bond donors (Lipinski definition) is 2. The number of nitrogens with zero attached hydrogens (tertiary/aromatic N) is 9. The minimum absolute atomic E-state index is 0.0220. The quantitative estimate of drug-likeness (QED) is 0.419. The summed E-state index contributed by atoms with van der Waals surface area (Å²) in [5.74, 6) is -0.397. The third kappa shape index (κ3) is 5.40. The lowest BCUT2D eigenvalue weighted by Crippen LogP contribution is -2.69. The van der Waals surface area contributed by atoms with Crippen molar-refractivity contribution in [3.63, 3.8) is 0 Å². The van der Waals surface area contributed by atoms with Gasteiger partial charge in [-0.1, -0.05) is 0 Å². The average Bonchev–Trinajstić information content (AvgIpc) is 3.63. The average molecular weight is 600 g/mol. The van der Waals surface area contributed by atoms with Crippen molar-refractivity contribution >= 4 is 22.7 Å². The Bertz CT molecular complexity index is 1540. The molecule has 0 aromatic carbocycles. The highest BCUT2D eigenvalue weighted by molar-refractivity contribution is 6.05.